The summed E-state index contributed by atoms with van der Waals surface area (Å²) in [5.41, 5.74) is 0. The average Bonchev–Trinajstić information content (AvgIpc) is 2.21. The van der Waals surface area contributed by atoms with Gasteiger partial charge in [-0.05, 0) is 44.1 Å². The Balaban J connectivity index is 2.07. The maximum Gasteiger partial charge on any atom is 0.208 e. The third-order valence-corrected chi connectivity index (χ3v) is 4.48. The van der Waals surface area contributed by atoms with Crippen LogP contribution in [0.1, 0.15) is 39.5 Å². The zero-order chi connectivity index (χ0) is 12.9. The van der Waals surface area contributed by atoms with Crippen molar-refractivity contribution in [3.63, 3.8) is 0 Å². The van der Waals surface area contributed by atoms with Gasteiger partial charge in [-0.2, -0.15) is 0 Å². The first kappa shape index (κ1) is 14.9. The molecule has 0 aromatic carbocycles. The van der Waals surface area contributed by atoms with Gasteiger partial charge in [-0.1, -0.05) is 13.8 Å². The molecule has 0 aromatic heterocycles. The van der Waals surface area contributed by atoms with Crippen molar-refractivity contribution in [3.05, 3.63) is 0 Å². The highest BCUT2D eigenvalue weighted by molar-refractivity contribution is 7.88. The van der Waals surface area contributed by atoms with E-state index in [1.54, 1.807) is 0 Å². The summed E-state index contributed by atoms with van der Waals surface area (Å²) in [7, 11) is -3.02. The van der Waals surface area contributed by atoms with Crippen LogP contribution in [0.15, 0.2) is 0 Å². The van der Waals surface area contributed by atoms with Gasteiger partial charge in [0.25, 0.3) is 0 Å². The van der Waals surface area contributed by atoms with Crippen LogP contribution in [0.2, 0.25) is 0 Å². The van der Waals surface area contributed by atoms with Crippen molar-refractivity contribution in [2.24, 2.45) is 11.8 Å². The lowest BCUT2D eigenvalue weighted by atomic mass is 9.79. The highest BCUT2D eigenvalue weighted by atomic mass is 32.2. The standard InChI is InChI=1S/C12H26N2O2S/c1-10-5-6-12(9-11(10)2)13-7-4-8-14-17(3,15)16/h10-14H,4-9H2,1-3H3/t10-,11-,12+/m1/s1. The molecule has 1 saturated carbocycles. The summed E-state index contributed by atoms with van der Waals surface area (Å²) in [6, 6.07) is 0.624. The van der Waals surface area contributed by atoms with Gasteiger partial charge in [0.2, 0.25) is 10.0 Å². The van der Waals surface area contributed by atoms with E-state index in [1.807, 2.05) is 0 Å². The van der Waals surface area contributed by atoms with Crippen molar-refractivity contribution >= 4 is 10.0 Å². The summed E-state index contributed by atoms with van der Waals surface area (Å²) in [6.07, 6.45) is 5.87. The molecular weight excluding hydrogens is 236 g/mol. The molecule has 0 spiro atoms. The Labute approximate surface area is 106 Å². The van der Waals surface area contributed by atoms with Crippen molar-refractivity contribution in [1.29, 1.82) is 0 Å². The number of hydrogen-bond donors (Lipinski definition) is 2. The SMILES string of the molecule is C[C@@H]1CC[C@H](NCCCNS(C)(=O)=O)C[C@H]1C. The molecule has 2 N–H and O–H groups in total. The largest absolute Gasteiger partial charge is 0.314 e. The average molecular weight is 262 g/mol. The van der Waals surface area contributed by atoms with Crippen molar-refractivity contribution < 1.29 is 8.42 Å². The fourth-order valence-corrected chi connectivity index (χ4v) is 2.90. The number of nitrogens with one attached hydrogen (secondary N) is 2. The van der Waals surface area contributed by atoms with Crippen molar-refractivity contribution in [2.75, 3.05) is 19.3 Å². The summed E-state index contributed by atoms with van der Waals surface area (Å²) >= 11 is 0. The number of rotatable bonds is 6. The van der Waals surface area contributed by atoms with Crippen LogP contribution in [0.25, 0.3) is 0 Å². The van der Waals surface area contributed by atoms with Gasteiger partial charge in [-0.3, -0.25) is 0 Å². The Morgan fingerprint density at radius 3 is 2.41 bits per heavy atom. The van der Waals surface area contributed by atoms with Crippen LogP contribution in [0.3, 0.4) is 0 Å². The van der Waals surface area contributed by atoms with E-state index < -0.39 is 10.0 Å². The van der Waals surface area contributed by atoms with E-state index in [1.165, 1.54) is 25.5 Å². The maximum absolute atomic E-state index is 10.8. The Morgan fingerprint density at radius 2 is 1.82 bits per heavy atom. The molecule has 0 heterocycles. The number of hydrogen-bond acceptors (Lipinski definition) is 3. The zero-order valence-corrected chi connectivity index (χ0v) is 12.0. The molecule has 102 valence electrons. The van der Waals surface area contributed by atoms with Gasteiger partial charge in [0, 0.05) is 12.6 Å². The van der Waals surface area contributed by atoms with Gasteiger partial charge in [-0.15, -0.1) is 0 Å². The second-order valence-corrected chi connectivity index (χ2v) is 7.27. The van der Waals surface area contributed by atoms with E-state index in [4.69, 9.17) is 0 Å². The third-order valence-electron chi connectivity index (χ3n) is 3.75. The predicted octanol–water partition coefficient (Wildman–Crippen LogP) is 1.34. The Kier molecular flexibility index (Phi) is 5.89. The van der Waals surface area contributed by atoms with Crippen LogP contribution in [0.4, 0.5) is 0 Å². The third kappa shape index (κ3) is 6.38. The topological polar surface area (TPSA) is 58.2 Å². The van der Waals surface area contributed by atoms with Crippen molar-refractivity contribution in [1.82, 2.24) is 10.0 Å². The molecule has 0 amide bonds. The fourth-order valence-electron chi connectivity index (χ4n) is 2.39. The van der Waals surface area contributed by atoms with E-state index in [-0.39, 0.29) is 0 Å². The van der Waals surface area contributed by atoms with Gasteiger partial charge < -0.3 is 5.32 Å². The summed E-state index contributed by atoms with van der Waals surface area (Å²) in [5, 5.41) is 3.52. The van der Waals surface area contributed by atoms with Crippen LogP contribution in [-0.2, 0) is 10.0 Å². The summed E-state index contributed by atoms with van der Waals surface area (Å²) in [6.45, 7) is 6.08. The first-order chi connectivity index (χ1) is 7.88. The quantitative estimate of drug-likeness (QED) is 0.710. The van der Waals surface area contributed by atoms with Crippen LogP contribution in [-0.4, -0.2) is 33.8 Å². The van der Waals surface area contributed by atoms with Gasteiger partial charge >= 0.3 is 0 Å². The molecule has 0 aliphatic heterocycles. The molecule has 0 saturated heterocycles. The lowest BCUT2D eigenvalue weighted by Crippen LogP contribution is -2.37. The van der Waals surface area contributed by atoms with Gasteiger partial charge in [-0.25, -0.2) is 13.1 Å². The molecular formula is C12H26N2O2S. The van der Waals surface area contributed by atoms with Gasteiger partial charge in [0.15, 0.2) is 0 Å². The molecule has 17 heavy (non-hydrogen) atoms. The lowest BCUT2D eigenvalue weighted by Gasteiger charge is -2.32. The summed E-state index contributed by atoms with van der Waals surface area (Å²) in [4.78, 5) is 0. The van der Waals surface area contributed by atoms with E-state index >= 15 is 0 Å². The molecule has 0 aromatic rings. The second-order valence-electron chi connectivity index (χ2n) is 5.44. The number of sulfonamides is 1. The summed E-state index contributed by atoms with van der Waals surface area (Å²) in [5.74, 6) is 1.65. The molecule has 4 nitrogen and oxygen atoms in total. The van der Waals surface area contributed by atoms with Crippen molar-refractivity contribution in [2.45, 2.75) is 45.6 Å². The second kappa shape index (κ2) is 6.71. The highest BCUT2D eigenvalue weighted by Gasteiger charge is 2.23. The molecule has 1 aliphatic rings. The van der Waals surface area contributed by atoms with Crippen LogP contribution < -0.4 is 10.0 Å². The zero-order valence-electron chi connectivity index (χ0n) is 11.2. The molecule has 0 bridgehead atoms. The molecule has 5 heteroatoms. The molecule has 3 atom stereocenters. The summed E-state index contributed by atoms with van der Waals surface area (Å²) < 4.78 is 24.2. The molecule has 1 rings (SSSR count). The maximum atomic E-state index is 10.8. The Hall–Kier alpha value is -0.130. The van der Waals surface area contributed by atoms with E-state index in [9.17, 15) is 8.42 Å². The molecule has 0 unspecified atom stereocenters. The van der Waals surface area contributed by atoms with Crippen LogP contribution in [0.5, 0.6) is 0 Å². The first-order valence-electron chi connectivity index (χ1n) is 6.56. The Morgan fingerprint density at radius 1 is 1.12 bits per heavy atom. The lowest BCUT2D eigenvalue weighted by molar-refractivity contribution is 0.226. The normalized spacial score (nSPS) is 30.4. The fraction of sp³-hybridized carbons (Fsp3) is 1.00. The molecule has 0 radical (unpaired) electrons. The highest BCUT2D eigenvalue weighted by Crippen LogP contribution is 2.29. The predicted molar refractivity (Wildman–Crippen MR) is 71.4 cm³/mol. The van der Waals surface area contributed by atoms with Gasteiger partial charge in [0.05, 0.1) is 6.26 Å². The monoisotopic (exact) mass is 262 g/mol. The smallest absolute Gasteiger partial charge is 0.208 e. The minimum Gasteiger partial charge on any atom is -0.314 e. The van der Waals surface area contributed by atoms with Gasteiger partial charge in [0.1, 0.15) is 0 Å². The van der Waals surface area contributed by atoms with E-state index in [2.05, 4.69) is 23.9 Å². The van der Waals surface area contributed by atoms with E-state index in [0.717, 1.165) is 24.8 Å². The van der Waals surface area contributed by atoms with Crippen LogP contribution >= 0.6 is 0 Å². The molecule has 1 fully saturated rings. The first-order valence-corrected chi connectivity index (χ1v) is 8.45. The minimum atomic E-state index is -3.02. The van der Waals surface area contributed by atoms with Crippen molar-refractivity contribution in [3.8, 4) is 0 Å². The Bertz CT molecular complexity index is 316. The molecule has 1 aliphatic carbocycles. The minimum absolute atomic E-state index is 0.532. The van der Waals surface area contributed by atoms with E-state index in [0.29, 0.717) is 12.6 Å². The van der Waals surface area contributed by atoms with Crippen LogP contribution in [0, 0.1) is 11.8 Å².